The van der Waals surface area contributed by atoms with Gasteiger partial charge in [-0.1, -0.05) is 25.1 Å². The molecule has 0 bridgehead atoms. The Morgan fingerprint density at radius 3 is 2.19 bits per heavy atom. The van der Waals surface area contributed by atoms with Gasteiger partial charge < -0.3 is 14.8 Å². The molecule has 6 nitrogen and oxygen atoms in total. The number of Topliss-reactive ketones (excluding diaryl/α,β-unsaturated/α-hetero) is 1. The lowest BCUT2D eigenvalue weighted by Gasteiger charge is -2.19. The summed E-state index contributed by atoms with van der Waals surface area (Å²) in [6.45, 7) is 4.76. The number of rotatable bonds is 8. The fourth-order valence-corrected chi connectivity index (χ4v) is 2.30. The molecule has 0 saturated heterocycles. The fourth-order valence-electron chi connectivity index (χ4n) is 2.30. The van der Waals surface area contributed by atoms with Crippen molar-refractivity contribution in [2.24, 2.45) is 0 Å². The number of amides is 1. The second kappa shape index (κ2) is 9.52. The molecule has 0 saturated carbocycles. The van der Waals surface area contributed by atoms with Crippen molar-refractivity contribution in [3.8, 4) is 5.75 Å². The second-order valence-corrected chi connectivity index (χ2v) is 6.03. The van der Waals surface area contributed by atoms with Crippen LogP contribution in [0.2, 0.25) is 0 Å². The number of ether oxygens (including phenoxy) is 2. The largest absolute Gasteiger partial charge is 0.479 e. The van der Waals surface area contributed by atoms with Crippen molar-refractivity contribution in [1.29, 1.82) is 0 Å². The standard InChI is InChI=1S/C21H23NO5/c1-4-19(27-18-8-6-5-7-9-18)21(25)26-15(3)20(24)22-17-12-10-16(11-13-17)14(2)23/h5-13,15,19H,4H2,1-3H3,(H,22,24)/t15-,19+/m0/s1. The van der Waals surface area contributed by atoms with Crippen LogP contribution in [0.25, 0.3) is 0 Å². The van der Waals surface area contributed by atoms with Crippen LogP contribution < -0.4 is 10.1 Å². The summed E-state index contributed by atoms with van der Waals surface area (Å²) in [4.78, 5) is 35.8. The van der Waals surface area contributed by atoms with Gasteiger partial charge in [0.2, 0.25) is 0 Å². The third kappa shape index (κ3) is 5.95. The molecule has 142 valence electrons. The van der Waals surface area contributed by atoms with E-state index in [4.69, 9.17) is 9.47 Å². The van der Waals surface area contributed by atoms with E-state index in [0.717, 1.165) is 0 Å². The molecule has 1 N–H and O–H groups in total. The maximum absolute atomic E-state index is 12.3. The molecule has 2 rings (SSSR count). The minimum absolute atomic E-state index is 0.0563. The van der Waals surface area contributed by atoms with Gasteiger partial charge in [-0.15, -0.1) is 0 Å². The van der Waals surface area contributed by atoms with Crippen molar-refractivity contribution in [1.82, 2.24) is 0 Å². The number of esters is 1. The molecule has 2 aromatic carbocycles. The van der Waals surface area contributed by atoms with Crippen LogP contribution in [-0.4, -0.2) is 29.9 Å². The number of carbonyl (C=O) groups is 3. The molecule has 0 aliphatic heterocycles. The average Bonchev–Trinajstić information content (AvgIpc) is 2.67. The van der Waals surface area contributed by atoms with Crippen LogP contribution in [0.15, 0.2) is 54.6 Å². The average molecular weight is 369 g/mol. The van der Waals surface area contributed by atoms with E-state index in [0.29, 0.717) is 23.4 Å². The second-order valence-electron chi connectivity index (χ2n) is 6.03. The van der Waals surface area contributed by atoms with E-state index in [9.17, 15) is 14.4 Å². The highest BCUT2D eigenvalue weighted by atomic mass is 16.6. The highest BCUT2D eigenvalue weighted by molar-refractivity contribution is 5.97. The lowest BCUT2D eigenvalue weighted by Crippen LogP contribution is -2.36. The highest BCUT2D eigenvalue weighted by Crippen LogP contribution is 2.15. The van der Waals surface area contributed by atoms with E-state index in [1.54, 1.807) is 55.5 Å². The van der Waals surface area contributed by atoms with Gasteiger partial charge in [0, 0.05) is 11.3 Å². The van der Waals surface area contributed by atoms with Gasteiger partial charge in [0.1, 0.15) is 5.75 Å². The van der Waals surface area contributed by atoms with E-state index in [1.165, 1.54) is 13.8 Å². The van der Waals surface area contributed by atoms with Crippen LogP contribution >= 0.6 is 0 Å². The predicted molar refractivity (Wildman–Crippen MR) is 102 cm³/mol. The Bertz CT molecular complexity index is 786. The van der Waals surface area contributed by atoms with Gasteiger partial charge in [-0.25, -0.2) is 4.79 Å². The summed E-state index contributed by atoms with van der Waals surface area (Å²) in [5.74, 6) is -0.562. The topological polar surface area (TPSA) is 81.7 Å². The Morgan fingerprint density at radius 1 is 1.00 bits per heavy atom. The lowest BCUT2D eigenvalue weighted by molar-refractivity contribution is -0.160. The smallest absolute Gasteiger partial charge is 0.348 e. The predicted octanol–water partition coefficient (Wildman–Crippen LogP) is 3.62. The van der Waals surface area contributed by atoms with E-state index in [-0.39, 0.29) is 5.78 Å². The Kier molecular flexibility index (Phi) is 7.11. The van der Waals surface area contributed by atoms with Crippen molar-refractivity contribution in [3.63, 3.8) is 0 Å². The number of ketones is 1. The molecular formula is C21H23NO5. The zero-order valence-electron chi connectivity index (χ0n) is 15.6. The number of benzene rings is 2. The van der Waals surface area contributed by atoms with Gasteiger partial charge in [-0.2, -0.15) is 0 Å². The maximum Gasteiger partial charge on any atom is 0.348 e. The number of anilines is 1. The van der Waals surface area contributed by atoms with Crippen LogP contribution in [0.4, 0.5) is 5.69 Å². The first-order valence-corrected chi connectivity index (χ1v) is 8.74. The van der Waals surface area contributed by atoms with E-state index in [1.807, 2.05) is 6.07 Å². The molecule has 1 amide bonds. The minimum atomic E-state index is -0.988. The summed E-state index contributed by atoms with van der Waals surface area (Å²) in [7, 11) is 0. The minimum Gasteiger partial charge on any atom is -0.479 e. The van der Waals surface area contributed by atoms with Crippen LogP contribution in [0, 0.1) is 0 Å². The summed E-state index contributed by atoms with van der Waals surface area (Å²) in [6.07, 6.45) is -1.37. The fraction of sp³-hybridized carbons (Fsp3) is 0.286. The molecule has 0 aliphatic rings. The third-order valence-corrected chi connectivity index (χ3v) is 3.88. The van der Waals surface area contributed by atoms with Gasteiger partial charge in [0.15, 0.2) is 18.0 Å². The SMILES string of the molecule is CC[C@@H](Oc1ccccc1)C(=O)O[C@@H](C)C(=O)Nc1ccc(C(C)=O)cc1. The molecule has 6 heteroatoms. The monoisotopic (exact) mass is 369 g/mol. The summed E-state index contributed by atoms with van der Waals surface area (Å²) in [5, 5.41) is 2.65. The van der Waals surface area contributed by atoms with Crippen molar-refractivity contribution in [3.05, 3.63) is 60.2 Å². The molecule has 0 heterocycles. The Morgan fingerprint density at radius 2 is 1.63 bits per heavy atom. The molecule has 0 unspecified atom stereocenters. The van der Waals surface area contributed by atoms with Crippen LogP contribution in [0.3, 0.4) is 0 Å². The molecule has 0 spiro atoms. The van der Waals surface area contributed by atoms with Crippen molar-refractivity contribution < 1.29 is 23.9 Å². The third-order valence-electron chi connectivity index (χ3n) is 3.88. The van der Waals surface area contributed by atoms with E-state index < -0.39 is 24.1 Å². The Labute approximate surface area is 158 Å². The van der Waals surface area contributed by atoms with Crippen molar-refractivity contribution in [2.75, 3.05) is 5.32 Å². The van der Waals surface area contributed by atoms with Crippen molar-refractivity contribution >= 4 is 23.3 Å². The van der Waals surface area contributed by atoms with Gasteiger partial charge in [0.25, 0.3) is 5.91 Å². The molecule has 2 atom stereocenters. The number of para-hydroxylation sites is 1. The van der Waals surface area contributed by atoms with Crippen LogP contribution in [0.1, 0.15) is 37.6 Å². The first-order valence-electron chi connectivity index (χ1n) is 8.74. The molecule has 2 aromatic rings. The summed E-state index contributed by atoms with van der Waals surface area (Å²) >= 11 is 0. The van der Waals surface area contributed by atoms with E-state index in [2.05, 4.69) is 5.32 Å². The molecular weight excluding hydrogens is 346 g/mol. The van der Waals surface area contributed by atoms with Crippen LogP contribution in [0.5, 0.6) is 5.75 Å². The summed E-state index contributed by atoms with van der Waals surface area (Å²) in [6, 6.07) is 15.4. The maximum atomic E-state index is 12.3. The molecule has 0 aromatic heterocycles. The highest BCUT2D eigenvalue weighted by Gasteiger charge is 2.25. The zero-order chi connectivity index (χ0) is 19.8. The summed E-state index contributed by atoms with van der Waals surface area (Å²) in [5.41, 5.74) is 1.07. The molecule has 0 aliphatic carbocycles. The molecule has 0 radical (unpaired) electrons. The van der Waals surface area contributed by atoms with Gasteiger partial charge in [-0.05, 0) is 56.7 Å². The molecule has 0 fully saturated rings. The number of carbonyl (C=O) groups excluding carboxylic acids is 3. The molecule has 27 heavy (non-hydrogen) atoms. The number of nitrogens with one attached hydrogen (secondary N) is 1. The Balaban J connectivity index is 1.91. The van der Waals surface area contributed by atoms with Crippen LogP contribution in [-0.2, 0) is 14.3 Å². The van der Waals surface area contributed by atoms with Crippen molar-refractivity contribution in [2.45, 2.75) is 39.4 Å². The first kappa shape index (κ1) is 20.2. The lowest BCUT2D eigenvalue weighted by atomic mass is 10.1. The Hall–Kier alpha value is -3.15. The number of hydrogen-bond donors (Lipinski definition) is 1. The normalized spacial score (nSPS) is 12.6. The van der Waals surface area contributed by atoms with Gasteiger partial charge >= 0.3 is 5.97 Å². The van der Waals surface area contributed by atoms with Gasteiger partial charge in [0.05, 0.1) is 0 Å². The first-order chi connectivity index (χ1) is 12.9. The summed E-state index contributed by atoms with van der Waals surface area (Å²) < 4.78 is 10.9. The van der Waals surface area contributed by atoms with E-state index >= 15 is 0 Å². The number of hydrogen-bond acceptors (Lipinski definition) is 5. The quantitative estimate of drug-likeness (QED) is 0.568. The zero-order valence-corrected chi connectivity index (χ0v) is 15.6. The van der Waals surface area contributed by atoms with Gasteiger partial charge in [-0.3, -0.25) is 9.59 Å².